The SMILES string of the molecule is O=C(Nc1ccncc1)c1cc(Br)c[nH]1. The number of carbonyl (C=O) groups is 1. The molecular formula is C10H8BrN3O. The van der Waals surface area contributed by atoms with Crippen molar-refractivity contribution in [2.45, 2.75) is 0 Å². The van der Waals surface area contributed by atoms with Gasteiger partial charge >= 0.3 is 0 Å². The average Bonchev–Trinajstić information content (AvgIpc) is 2.66. The fraction of sp³-hybridized carbons (Fsp3) is 0. The summed E-state index contributed by atoms with van der Waals surface area (Å²) in [7, 11) is 0. The number of amides is 1. The molecule has 0 bridgehead atoms. The molecule has 2 heterocycles. The van der Waals surface area contributed by atoms with Crippen LogP contribution in [0.15, 0.2) is 41.3 Å². The lowest BCUT2D eigenvalue weighted by molar-refractivity contribution is 0.102. The number of halogens is 1. The van der Waals surface area contributed by atoms with Gasteiger partial charge in [-0.1, -0.05) is 0 Å². The maximum Gasteiger partial charge on any atom is 0.272 e. The van der Waals surface area contributed by atoms with Crippen LogP contribution in [0.3, 0.4) is 0 Å². The molecule has 4 nitrogen and oxygen atoms in total. The van der Waals surface area contributed by atoms with Crippen LogP contribution < -0.4 is 5.32 Å². The van der Waals surface area contributed by atoms with E-state index < -0.39 is 0 Å². The van der Waals surface area contributed by atoms with E-state index in [0.29, 0.717) is 5.69 Å². The van der Waals surface area contributed by atoms with E-state index in [4.69, 9.17) is 0 Å². The van der Waals surface area contributed by atoms with Crippen molar-refractivity contribution in [3.05, 3.63) is 47.0 Å². The van der Waals surface area contributed by atoms with Crippen molar-refractivity contribution in [1.82, 2.24) is 9.97 Å². The van der Waals surface area contributed by atoms with Crippen LogP contribution in [0, 0.1) is 0 Å². The summed E-state index contributed by atoms with van der Waals surface area (Å²) in [4.78, 5) is 18.4. The minimum absolute atomic E-state index is 0.174. The van der Waals surface area contributed by atoms with Gasteiger partial charge in [0.15, 0.2) is 0 Å². The van der Waals surface area contributed by atoms with Gasteiger partial charge in [-0.3, -0.25) is 9.78 Å². The topological polar surface area (TPSA) is 57.8 Å². The van der Waals surface area contributed by atoms with Gasteiger partial charge in [-0.2, -0.15) is 0 Å². The molecular weight excluding hydrogens is 258 g/mol. The average molecular weight is 266 g/mol. The molecule has 0 aliphatic rings. The summed E-state index contributed by atoms with van der Waals surface area (Å²) in [6.07, 6.45) is 4.96. The zero-order valence-corrected chi connectivity index (χ0v) is 9.28. The van der Waals surface area contributed by atoms with Crippen LogP contribution in [-0.2, 0) is 0 Å². The fourth-order valence-electron chi connectivity index (χ4n) is 1.13. The number of aromatic nitrogens is 2. The van der Waals surface area contributed by atoms with Crippen LogP contribution >= 0.6 is 15.9 Å². The van der Waals surface area contributed by atoms with E-state index in [1.54, 1.807) is 36.8 Å². The lowest BCUT2D eigenvalue weighted by Gasteiger charge is -2.01. The molecule has 0 saturated carbocycles. The monoisotopic (exact) mass is 265 g/mol. The molecule has 0 saturated heterocycles. The number of aromatic amines is 1. The second-order valence-electron chi connectivity index (χ2n) is 2.92. The van der Waals surface area contributed by atoms with Gasteiger partial charge < -0.3 is 10.3 Å². The van der Waals surface area contributed by atoms with Crippen molar-refractivity contribution < 1.29 is 4.79 Å². The minimum atomic E-state index is -0.174. The Labute approximate surface area is 94.9 Å². The molecule has 2 aromatic heterocycles. The minimum Gasteiger partial charge on any atom is -0.356 e. The first-order valence-corrected chi connectivity index (χ1v) is 5.10. The number of hydrogen-bond donors (Lipinski definition) is 2. The zero-order valence-electron chi connectivity index (χ0n) is 7.70. The summed E-state index contributed by atoms with van der Waals surface area (Å²) >= 11 is 3.26. The van der Waals surface area contributed by atoms with Crippen molar-refractivity contribution >= 4 is 27.5 Å². The molecule has 2 aromatic rings. The third kappa shape index (κ3) is 2.44. The standard InChI is InChI=1S/C10H8BrN3O/c11-7-5-9(13-6-7)10(15)14-8-1-3-12-4-2-8/h1-6,13H,(H,12,14,15). The fourth-order valence-corrected chi connectivity index (χ4v) is 1.48. The lowest BCUT2D eigenvalue weighted by atomic mass is 10.3. The molecule has 0 atom stereocenters. The summed E-state index contributed by atoms with van der Waals surface area (Å²) < 4.78 is 0.849. The van der Waals surface area contributed by atoms with Crippen LogP contribution in [0.5, 0.6) is 0 Å². The van der Waals surface area contributed by atoms with Gasteiger partial charge in [0.1, 0.15) is 5.69 Å². The van der Waals surface area contributed by atoms with E-state index in [1.165, 1.54) is 0 Å². The Balaban J connectivity index is 2.11. The van der Waals surface area contributed by atoms with Crippen molar-refractivity contribution in [1.29, 1.82) is 0 Å². The van der Waals surface area contributed by atoms with Gasteiger partial charge in [0, 0.05) is 28.8 Å². The number of rotatable bonds is 2. The molecule has 0 aromatic carbocycles. The van der Waals surface area contributed by atoms with E-state index in [2.05, 4.69) is 31.2 Å². The number of nitrogens with zero attached hydrogens (tertiary/aromatic N) is 1. The normalized spacial score (nSPS) is 9.93. The Morgan fingerprint density at radius 2 is 2.13 bits per heavy atom. The van der Waals surface area contributed by atoms with Gasteiger partial charge in [0.25, 0.3) is 5.91 Å². The molecule has 0 aliphatic heterocycles. The Morgan fingerprint density at radius 1 is 1.40 bits per heavy atom. The summed E-state index contributed by atoms with van der Waals surface area (Å²) in [5.74, 6) is -0.174. The molecule has 0 fully saturated rings. The molecule has 2 N–H and O–H groups in total. The summed E-state index contributed by atoms with van der Waals surface area (Å²) in [6, 6.07) is 5.18. The largest absolute Gasteiger partial charge is 0.356 e. The third-order valence-electron chi connectivity index (χ3n) is 1.83. The molecule has 0 unspecified atom stereocenters. The summed E-state index contributed by atoms with van der Waals surface area (Å²) in [5, 5.41) is 2.74. The highest BCUT2D eigenvalue weighted by Crippen LogP contribution is 2.12. The van der Waals surface area contributed by atoms with Crippen LogP contribution in [0.2, 0.25) is 0 Å². The van der Waals surface area contributed by atoms with Crippen LogP contribution in [0.1, 0.15) is 10.5 Å². The van der Waals surface area contributed by atoms with E-state index in [-0.39, 0.29) is 5.91 Å². The van der Waals surface area contributed by atoms with E-state index in [1.807, 2.05) is 0 Å². The summed E-state index contributed by atoms with van der Waals surface area (Å²) in [5.41, 5.74) is 1.24. The maximum atomic E-state index is 11.6. The van der Waals surface area contributed by atoms with E-state index >= 15 is 0 Å². The first-order chi connectivity index (χ1) is 7.25. The van der Waals surface area contributed by atoms with Gasteiger partial charge in [-0.05, 0) is 34.1 Å². The Kier molecular flexibility index (Phi) is 2.82. The highest BCUT2D eigenvalue weighted by atomic mass is 79.9. The van der Waals surface area contributed by atoms with E-state index in [9.17, 15) is 4.79 Å². The Morgan fingerprint density at radius 3 is 2.73 bits per heavy atom. The number of carbonyl (C=O) groups excluding carboxylic acids is 1. The maximum absolute atomic E-state index is 11.6. The predicted octanol–water partition coefficient (Wildman–Crippen LogP) is 2.42. The first-order valence-electron chi connectivity index (χ1n) is 4.31. The highest BCUT2D eigenvalue weighted by Gasteiger charge is 2.07. The molecule has 1 amide bonds. The number of H-pyrrole nitrogens is 1. The van der Waals surface area contributed by atoms with Crippen LogP contribution in [0.25, 0.3) is 0 Å². The lowest BCUT2D eigenvalue weighted by Crippen LogP contribution is -2.11. The highest BCUT2D eigenvalue weighted by molar-refractivity contribution is 9.10. The number of hydrogen-bond acceptors (Lipinski definition) is 2. The van der Waals surface area contributed by atoms with Crippen molar-refractivity contribution in [2.75, 3.05) is 5.32 Å². The predicted molar refractivity (Wildman–Crippen MR) is 60.7 cm³/mol. The van der Waals surface area contributed by atoms with E-state index in [0.717, 1.165) is 10.2 Å². The smallest absolute Gasteiger partial charge is 0.272 e. The number of anilines is 1. The number of nitrogens with one attached hydrogen (secondary N) is 2. The third-order valence-corrected chi connectivity index (χ3v) is 2.29. The summed E-state index contributed by atoms with van der Waals surface area (Å²) in [6.45, 7) is 0. The second-order valence-corrected chi connectivity index (χ2v) is 3.84. The zero-order chi connectivity index (χ0) is 10.7. The van der Waals surface area contributed by atoms with Gasteiger partial charge in [-0.25, -0.2) is 0 Å². The van der Waals surface area contributed by atoms with Crippen molar-refractivity contribution in [3.8, 4) is 0 Å². The number of pyridine rings is 1. The van der Waals surface area contributed by atoms with Crippen molar-refractivity contribution in [2.24, 2.45) is 0 Å². The van der Waals surface area contributed by atoms with Gasteiger partial charge in [0.2, 0.25) is 0 Å². The molecule has 15 heavy (non-hydrogen) atoms. The first kappa shape index (κ1) is 9.92. The van der Waals surface area contributed by atoms with Gasteiger partial charge in [0.05, 0.1) is 0 Å². The molecule has 0 radical (unpaired) electrons. The molecule has 2 rings (SSSR count). The van der Waals surface area contributed by atoms with Crippen LogP contribution in [0.4, 0.5) is 5.69 Å². The second kappa shape index (κ2) is 4.27. The molecule has 0 aliphatic carbocycles. The van der Waals surface area contributed by atoms with Crippen LogP contribution in [-0.4, -0.2) is 15.9 Å². The van der Waals surface area contributed by atoms with Crippen molar-refractivity contribution in [3.63, 3.8) is 0 Å². The molecule has 0 spiro atoms. The molecule has 76 valence electrons. The quantitative estimate of drug-likeness (QED) is 0.877. The Hall–Kier alpha value is -1.62. The Bertz CT molecular complexity index is 467. The molecule has 5 heteroatoms. The van der Waals surface area contributed by atoms with Gasteiger partial charge in [-0.15, -0.1) is 0 Å².